The summed E-state index contributed by atoms with van der Waals surface area (Å²) in [5, 5.41) is 20.1. The van der Waals surface area contributed by atoms with Crippen molar-refractivity contribution in [1.29, 1.82) is 5.26 Å². The van der Waals surface area contributed by atoms with E-state index in [1.807, 2.05) is 6.07 Å². The predicted octanol–water partition coefficient (Wildman–Crippen LogP) is 2.93. The Kier molecular flexibility index (Phi) is 3.46. The van der Waals surface area contributed by atoms with E-state index in [1.165, 1.54) is 12.1 Å². The van der Waals surface area contributed by atoms with Crippen LogP contribution < -0.4 is 0 Å². The second kappa shape index (κ2) is 4.85. The number of hydrogen-bond donors (Lipinski definition) is 0. The molecule has 6 nitrogen and oxygen atoms in total. The average molecular weight is 288 g/mol. The number of ether oxygens (including phenoxy) is 1. The van der Waals surface area contributed by atoms with Gasteiger partial charge in [-0.2, -0.15) is 5.26 Å². The molecule has 0 spiro atoms. The Labute approximate surface area is 122 Å². The van der Waals surface area contributed by atoms with Crippen LogP contribution in [0.3, 0.4) is 0 Å². The first kappa shape index (κ1) is 15.0. The lowest BCUT2D eigenvalue weighted by Gasteiger charge is -2.21. The van der Waals surface area contributed by atoms with Crippen molar-refractivity contribution in [3.63, 3.8) is 0 Å². The van der Waals surface area contributed by atoms with Gasteiger partial charge in [0.25, 0.3) is 5.69 Å². The molecule has 2 atom stereocenters. The molecule has 1 aromatic carbocycles. The lowest BCUT2D eigenvalue weighted by Crippen LogP contribution is -2.29. The first-order chi connectivity index (χ1) is 9.69. The number of nitro benzene ring substituents is 1. The van der Waals surface area contributed by atoms with Crippen molar-refractivity contribution in [3.05, 3.63) is 39.9 Å². The minimum Gasteiger partial charge on any atom is -0.459 e. The van der Waals surface area contributed by atoms with Gasteiger partial charge in [-0.3, -0.25) is 14.9 Å². The molecule has 0 radical (unpaired) electrons. The molecule has 1 aromatic rings. The lowest BCUT2D eigenvalue weighted by atomic mass is 10.00. The maximum atomic E-state index is 12.2. The van der Waals surface area contributed by atoms with Gasteiger partial charge in [-0.1, -0.05) is 12.1 Å². The summed E-state index contributed by atoms with van der Waals surface area (Å²) in [5.41, 5.74) is -1.31. The second-order valence-electron chi connectivity index (χ2n) is 6.19. The Morgan fingerprint density at radius 1 is 1.52 bits per heavy atom. The van der Waals surface area contributed by atoms with Gasteiger partial charge >= 0.3 is 5.97 Å². The molecule has 1 aliphatic carbocycles. The predicted molar refractivity (Wildman–Crippen MR) is 74.3 cm³/mol. The zero-order chi connectivity index (χ0) is 15.8. The van der Waals surface area contributed by atoms with Gasteiger partial charge in [0.1, 0.15) is 5.60 Å². The van der Waals surface area contributed by atoms with Gasteiger partial charge in [-0.25, -0.2) is 0 Å². The Balaban J connectivity index is 2.25. The smallest absolute Gasteiger partial charge is 0.327 e. The van der Waals surface area contributed by atoms with E-state index in [-0.39, 0.29) is 11.6 Å². The zero-order valence-electron chi connectivity index (χ0n) is 12.1. The van der Waals surface area contributed by atoms with Crippen molar-refractivity contribution in [1.82, 2.24) is 0 Å². The topological polar surface area (TPSA) is 93.2 Å². The van der Waals surface area contributed by atoms with Crippen LogP contribution in [0.4, 0.5) is 5.69 Å². The van der Waals surface area contributed by atoms with E-state index >= 15 is 0 Å². The SMILES string of the molecule is CC(C)(C)OC(=O)C1(C#N)CC1c1cccc([N+](=O)[O-])c1. The Morgan fingerprint density at radius 2 is 2.19 bits per heavy atom. The standard InChI is InChI=1S/C15H16N2O4/c1-14(2,3)21-13(18)15(9-16)8-12(15)10-5-4-6-11(7-10)17(19)20/h4-7,12H,8H2,1-3H3. The van der Waals surface area contributed by atoms with Gasteiger partial charge in [0.05, 0.1) is 11.0 Å². The second-order valence-corrected chi connectivity index (χ2v) is 6.19. The summed E-state index contributed by atoms with van der Waals surface area (Å²) >= 11 is 0. The van der Waals surface area contributed by atoms with Crippen molar-refractivity contribution < 1.29 is 14.5 Å². The number of nitriles is 1. The summed E-state index contributed by atoms with van der Waals surface area (Å²) in [6.45, 7) is 5.21. The summed E-state index contributed by atoms with van der Waals surface area (Å²) in [4.78, 5) is 22.5. The first-order valence-electron chi connectivity index (χ1n) is 6.59. The molecule has 110 valence electrons. The lowest BCUT2D eigenvalue weighted by molar-refractivity contribution is -0.384. The minimum absolute atomic E-state index is 0.0459. The first-order valence-corrected chi connectivity index (χ1v) is 6.59. The number of rotatable bonds is 3. The van der Waals surface area contributed by atoms with Crippen LogP contribution in [0.5, 0.6) is 0 Å². The summed E-state index contributed by atoms with van der Waals surface area (Å²) < 4.78 is 5.29. The van der Waals surface area contributed by atoms with Gasteiger partial charge in [0.2, 0.25) is 0 Å². The van der Waals surface area contributed by atoms with E-state index in [1.54, 1.807) is 32.9 Å². The molecule has 2 unspecified atom stereocenters. The number of nitrogens with zero attached hydrogens (tertiary/aromatic N) is 2. The highest BCUT2D eigenvalue weighted by molar-refractivity contribution is 5.86. The van der Waals surface area contributed by atoms with Crippen molar-refractivity contribution in [2.75, 3.05) is 0 Å². The molecule has 0 N–H and O–H groups in total. The molecule has 6 heteroatoms. The van der Waals surface area contributed by atoms with Gasteiger partial charge < -0.3 is 4.74 Å². The van der Waals surface area contributed by atoms with Crippen LogP contribution in [0.1, 0.15) is 38.7 Å². The van der Waals surface area contributed by atoms with Gasteiger partial charge in [0.15, 0.2) is 5.41 Å². The van der Waals surface area contributed by atoms with Crippen molar-refractivity contribution in [2.24, 2.45) is 5.41 Å². The molecule has 1 saturated carbocycles. The molecule has 0 bridgehead atoms. The van der Waals surface area contributed by atoms with Crippen LogP contribution in [0.2, 0.25) is 0 Å². The highest BCUT2D eigenvalue weighted by Crippen LogP contribution is 2.60. The maximum absolute atomic E-state index is 12.2. The van der Waals surface area contributed by atoms with E-state index < -0.39 is 21.9 Å². The third-order valence-corrected chi connectivity index (χ3v) is 3.41. The van der Waals surface area contributed by atoms with Gasteiger partial charge in [-0.15, -0.1) is 0 Å². The molecule has 0 amide bonds. The van der Waals surface area contributed by atoms with Gasteiger partial charge in [0, 0.05) is 18.1 Å². The van der Waals surface area contributed by atoms with E-state index in [0.29, 0.717) is 12.0 Å². The van der Waals surface area contributed by atoms with Crippen LogP contribution in [0.25, 0.3) is 0 Å². The summed E-state index contributed by atoms with van der Waals surface area (Å²) in [7, 11) is 0. The monoisotopic (exact) mass is 288 g/mol. The van der Waals surface area contributed by atoms with Crippen LogP contribution in [0.15, 0.2) is 24.3 Å². The fourth-order valence-corrected chi connectivity index (χ4v) is 2.28. The third kappa shape index (κ3) is 2.87. The normalized spacial score (nSPS) is 24.0. The van der Waals surface area contributed by atoms with E-state index in [9.17, 15) is 20.2 Å². The zero-order valence-corrected chi connectivity index (χ0v) is 12.1. The Morgan fingerprint density at radius 3 is 2.71 bits per heavy atom. The molecule has 0 aliphatic heterocycles. The van der Waals surface area contributed by atoms with Crippen LogP contribution in [-0.4, -0.2) is 16.5 Å². The summed E-state index contributed by atoms with van der Waals surface area (Å²) in [6, 6.07) is 8.07. The number of carbonyl (C=O) groups is 1. The maximum Gasteiger partial charge on any atom is 0.327 e. The molecular weight excluding hydrogens is 272 g/mol. The fraction of sp³-hybridized carbons (Fsp3) is 0.467. The number of carbonyl (C=O) groups excluding carboxylic acids is 1. The van der Waals surface area contributed by atoms with Crippen LogP contribution in [0, 0.1) is 26.9 Å². The number of esters is 1. The molecule has 0 heterocycles. The minimum atomic E-state index is -1.22. The molecule has 1 aliphatic rings. The average Bonchev–Trinajstić information content (AvgIpc) is 3.13. The van der Waals surface area contributed by atoms with Crippen LogP contribution >= 0.6 is 0 Å². The van der Waals surface area contributed by atoms with E-state index in [0.717, 1.165) is 0 Å². The molecule has 1 fully saturated rings. The van der Waals surface area contributed by atoms with Crippen molar-refractivity contribution in [3.8, 4) is 6.07 Å². The third-order valence-electron chi connectivity index (χ3n) is 3.41. The summed E-state index contributed by atoms with van der Waals surface area (Å²) in [5.74, 6) is -0.911. The number of hydrogen-bond acceptors (Lipinski definition) is 5. The van der Waals surface area contributed by atoms with Crippen LogP contribution in [-0.2, 0) is 9.53 Å². The molecular formula is C15H16N2O4. The Bertz CT molecular complexity index is 642. The quantitative estimate of drug-likeness (QED) is 0.484. The number of non-ortho nitro benzene ring substituents is 1. The van der Waals surface area contributed by atoms with E-state index in [4.69, 9.17) is 4.74 Å². The molecule has 2 rings (SSSR count). The molecule has 21 heavy (non-hydrogen) atoms. The summed E-state index contributed by atoms with van der Waals surface area (Å²) in [6.07, 6.45) is 0.333. The Hall–Kier alpha value is -2.42. The highest BCUT2D eigenvalue weighted by Gasteiger charge is 2.63. The van der Waals surface area contributed by atoms with Crippen molar-refractivity contribution >= 4 is 11.7 Å². The number of nitro groups is 1. The largest absolute Gasteiger partial charge is 0.459 e. The van der Waals surface area contributed by atoms with E-state index in [2.05, 4.69) is 0 Å². The van der Waals surface area contributed by atoms with Gasteiger partial charge in [-0.05, 0) is 32.8 Å². The molecule has 0 saturated heterocycles. The number of benzene rings is 1. The highest BCUT2D eigenvalue weighted by atomic mass is 16.6. The fourth-order valence-electron chi connectivity index (χ4n) is 2.28. The van der Waals surface area contributed by atoms with Crippen molar-refractivity contribution in [2.45, 2.75) is 38.7 Å². The molecule has 0 aromatic heterocycles.